The lowest BCUT2D eigenvalue weighted by molar-refractivity contribution is -0.137. The van der Waals surface area contributed by atoms with Crippen LogP contribution in [0.15, 0.2) is 28.8 Å². The molecule has 0 unspecified atom stereocenters. The van der Waals surface area contributed by atoms with Crippen LogP contribution in [-0.4, -0.2) is 34.3 Å². The Bertz CT molecular complexity index is 715. The van der Waals surface area contributed by atoms with E-state index in [1.807, 2.05) is 0 Å². The summed E-state index contributed by atoms with van der Waals surface area (Å²) in [7, 11) is 0. The molecule has 1 amide bonds. The van der Waals surface area contributed by atoms with Crippen LogP contribution in [0.25, 0.3) is 11.4 Å². The summed E-state index contributed by atoms with van der Waals surface area (Å²) in [5.74, 6) is 0.174. The van der Waals surface area contributed by atoms with E-state index in [2.05, 4.69) is 10.1 Å². The maximum Gasteiger partial charge on any atom is 0.416 e. The Morgan fingerprint density at radius 3 is 2.87 bits per heavy atom. The number of halogens is 3. The number of aromatic nitrogens is 2. The van der Waals surface area contributed by atoms with E-state index in [0.717, 1.165) is 12.1 Å². The highest BCUT2D eigenvalue weighted by Gasteiger charge is 2.31. The number of carbonyl (C=O) groups is 1. The Morgan fingerprint density at radius 2 is 2.13 bits per heavy atom. The van der Waals surface area contributed by atoms with Crippen LogP contribution in [0.5, 0.6) is 0 Å². The molecule has 1 aliphatic rings. The molecule has 0 aliphatic carbocycles. The fourth-order valence-corrected chi connectivity index (χ4v) is 2.18. The second-order valence-corrected chi connectivity index (χ2v) is 4.98. The van der Waals surface area contributed by atoms with Gasteiger partial charge >= 0.3 is 12.3 Å². The number of hydrogen-bond acceptors (Lipinski definition) is 5. The minimum absolute atomic E-state index is 0.0384. The summed E-state index contributed by atoms with van der Waals surface area (Å²) in [5.41, 5.74) is -0.600. The molecule has 23 heavy (non-hydrogen) atoms. The van der Waals surface area contributed by atoms with Crippen molar-refractivity contribution < 1.29 is 27.2 Å². The van der Waals surface area contributed by atoms with E-state index in [4.69, 9.17) is 9.26 Å². The third-order valence-corrected chi connectivity index (χ3v) is 3.30. The summed E-state index contributed by atoms with van der Waals surface area (Å²) >= 11 is 0. The van der Waals surface area contributed by atoms with Crippen molar-refractivity contribution in [2.75, 3.05) is 13.2 Å². The first-order valence-corrected chi connectivity index (χ1v) is 6.85. The molecule has 1 aliphatic heterocycles. The van der Waals surface area contributed by atoms with Crippen molar-refractivity contribution in [2.45, 2.75) is 19.1 Å². The molecule has 0 atom stereocenters. The Kier molecular flexibility index (Phi) is 3.93. The molecule has 1 aromatic heterocycles. The Balaban J connectivity index is 1.78. The normalized spacial score (nSPS) is 15.6. The van der Waals surface area contributed by atoms with E-state index in [1.54, 1.807) is 0 Å². The molecule has 122 valence electrons. The van der Waals surface area contributed by atoms with Crippen LogP contribution in [0.4, 0.5) is 18.0 Å². The molecule has 0 radical (unpaired) electrons. The van der Waals surface area contributed by atoms with E-state index >= 15 is 0 Å². The highest BCUT2D eigenvalue weighted by atomic mass is 19.4. The number of ether oxygens (including phenoxy) is 1. The predicted molar refractivity (Wildman–Crippen MR) is 71.1 cm³/mol. The van der Waals surface area contributed by atoms with Crippen molar-refractivity contribution in [3.05, 3.63) is 35.7 Å². The zero-order valence-corrected chi connectivity index (χ0v) is 11.8. The molecule has 2 aromatic rings. The van der Waals surface area contributed by atoms with Gasteiger partial charge in [0.2, 0.25) is 11.7 Å². The summed E-state index contributed by atoms with van der Waals surface area (Å²) in [6.07, 6.45) is -4.23. The summed E-state index contributed by atoms with van der Waals surface area (Å²) in [6, 6.07) is 4.65. The van der Waals surface area contributed by atoms with Crippen LogP contribution in [-0.2, 0) is 17.5 Å². The van der Waals surface area contributed by atoms with Gasteiger partial charge in [-0.3, -0.25) is 4.90 Å². The molecular weight excluding hydrogens is 315 g/mol. The van der Waals surface area contributed by atoms with Gasteiger partial charge in [0.1, 0.15) is 6.54 Å². The minimum Gasteiger partial charge on any atom is -0.449 e. The molecule has 6 nitrogen and oxygen atoms in total. The lowest BCUT2D eigenvalue weighted by Crippen LogP contribution is -2.37. The number of benzene rings is 1. The van der Waals surface area contributed by atoms with Crippen molar-refractivity contribution in [1.29, 1.82) is 0 Å². The number of cyclic esters (lactones) is 1. The van der Waals surface area contributed by atoms with Crippen LogP contribution in [0.1, 0.15) is 17.9 Å². The summed E-state index contributed by atoms with van der Waals surface area (Å²) < 4.78 is 48.0. The molecule has 0 saturated carbocycles. The molecule has 1 saturated heterocycles. The highest BCUT2D eigenvalue weighted by Crippen LogP contribution is 2.31. The van der Waals surface area contributed by atoms with Crippen LogP contribution < -0.4 is 0 Å². The van der Waals surface area contributed by atoms with Crippen molar-refractivity contribution in [3.63, 3.8) is 0 Å². The quantitative estimate of drug-likeness (QED) is 0.866. The van der Waals surface area contributed by atoms with Crippen LogP contribution >= 0.6 is 0 Å². The molecular formula is C14H12F3N3O3. The van der Waals surface area contributed by atoms with Gasteiger partial charge < -0.3 is 9.26 Å². The second kappa shape index (κ2) is 5.90. The van der Waals surface area contributed by atoms with E-state index in [9.17, 15) is 18.0 Å². The third kappa shape index (κ3) is 3.43. The molecule has 0 bridgehead atoms. The maximum atomic E-state index is 12.7. The number of rotatable bonds is 3. The first-order valence-electron chi connectivity index (χ1n) is 6.85. The lowest BCUT2D eigenvalue weighted by Gasteiger charge is -2.24. The van der Waals surface area contributed by atoms with Crippen LogP contribution in [0, 0.1) is 0 Å². The van der Waals surface area contributed by atoms with Gasteiger partial charge in [-0.2, -0.15) is 18.2 Å². The molecule has 1 fully saturated rings. The van der Waals surface area contributed by atoms with E-state index in [-0.39, 0.29) is 23.8 Å². The van der Waals surface area contributed by atoms with Crippen LogP contribution in [0.2, 0.25) is 0 Å². The molecule has 0 N–H and O–H groups in total. The van der Waals surface area contributed by atoms with E-state index in [0.29, 0.717) is 19.6 Å². The van der Waals surface area contributed by atoms with Gasteiger partial charge in [-0.05, 0) is 18.6 Å². The SMILES string of the molecule is O=C1OCCCN1Cc1nc(-c2cccc(C(F)(F)F)c2)no1. The van der Waals surface area contributed by atoms with Gasteiger partial charge in [-0.1, -0.05) is 17.3 Å². The standard InChI is InChI=1S/C14H12F3N3O3/c15-14(16,17)10-4-1-3-9(7-10)12-18-11(23-19-12)8-20-5-2-6-22-13(20)21/h1,3-4,7H,2,5-6,8H2. The molecule has 0 spiro atoms. The van der Waals surface area contributed by atoms with E-state index in [1.165, 1.54) is 17.0 Å². The van der Waals surface area contributed by atoms with Crippen molar-refractivity contribution in [1.82, 2.24) is 15.0 Å². The average molecular weight is 327 g/mol. The molecule has 3 rings (SSSR count). The fourth-order valence-electron chi connectivity index (χ4n) is 2.18. The fraction of sp³-hybridized carbons (Fsp3) is 0.357. The summed E-state index contributed by atoms with van der Waals surface area (Å²) in [6.45, 7) is 0.930. The molecule has 1 aromatic carbocycles. The smallest absolute Gasteiger partial charge is 0.416 e. The first-order chi connectivity index (χ1) is 10.9. The third-order valence-electron chi connectivity index (χ3n) is 3.30. The van der Waals surface area contributed by atoms with Crippen molar-refractivity contribution >= 4 is 6.09 Å². The number of alkyl halides is 3. The van der Waals surface area contributed by atoms with Gasteiger partial charge in [-0.15, -0.1) is 0 Å². The average Bonchev–Trinajstić information content (AvgIpc) is 2.98. The largest absolute Gasteiger partial charge is 0.449 e. The maximum absolute atomic E-state index is 12.7. The zero-order valence-electron chi connectivity index (χ0n) is 11.8. The predicted octanol–water partition coefficient (Wildman–Crippen LogP) is 3.10. The minimum atomic E-state index is -4.44. The van der Waals surface area contributed by atoms with Gasteiger partial charge in [0.15, 0.2) is 0 Å². The monoisotopic (exact) mass is 327 g/mol. The second-order valence-electron chi connectivity index (χ2n) is 4.98. The summed E-state index contributed by atoms with van der Waals surface area (Å²) in [4.78, 5) is 17.0. The van der Waals surface area contributed by atoms with Gasteiger partial charge in [0, 0.05) is 12.1 Å². The Morgan fingerprint density at radius 1 is 1.30 bits per heavy atom. The Labute approximate surface area is 128 Å². The number of nitrogens with zero attached hydrogens (tertiary/aromatic N) is 3. The first kappa shape index (κ1) is 15.3. The van der Waals surface area contributed by atoms with Gasteiger partial charge in [0.25, 0.3) is 0 Å². The van der Waals surface area contributed by atoms with Crippen molar-refractivity contribution in [2.24, 2.45) is 0 Å². The van der Waals surface area contributed by atoms with E-state index < -0.39 is 17.8 Å². The summed E-state index contributed by atoms with van der Waals surface area (Å²) in [5, 5.41) is 3.67. The Hall–Kier alpha value is -2.58. The topological polar surface area (TPSA) is 68.5 Å². The number of hydrogen-bond donors (Lipinski definition) is 0. The lowest BCUT2D eigenvalue weighted by atomic mass is 10.1. The highest BCUT2D eigenvalue weighted by molar-refractivity contribution is 5.68. The van der Waals surface area contributed by atoms with Crippen molar-refractivity contribution in [3.8, 4) is 11.4 Å². The molecule has 9 heteroatoms. The van der Waals surface area contributed by atoms with Crippen LogP contribution in [0.3, 0.4) is 0 Å². The van der Waals surface area contributed by atoms with Gasteiger partial charge in [-0.25, -0.2) is 4.79 Å². The molecule has 2 heterocycles. The number of carbonyl (C=O) groups excluding carboxylic acids is 1. The van der Waals surface area contributed by atoms with Gasteiger partial charge in [0.05, 0.1) is 12.2 Å². The zero-order chi connectivity index (χ0) is 16.4. The number of amides is 1.